The molecule has 0 spiro atoms. The van der Waals surface area contributed by atoms with Crippen LogP contribution in [0.5, 0.6) is 0 Å². The van der Waals surface area contributed by atoms with E-state index in [0.717, 1.165) is 5.69 Å². The summed E-state index contributed by atoms with van der Waals surface area (Å²) in [5, 5.41) is 17.7. The van der Waals surface area contributed by atoms with Crippen LogP contribution in [0.4, 0.5) is 4.79 Å². The van der Waals surface area contributed by atoms with Gasteiger partial charge in [0, 0.05) is 32.5 Å². The van der Waals surface area contributed by atoms with Gasteiger partial charge in [0.1, 0.15) is 0 Å². The van der Waals surface area contributed by atoms with Crippen LogP contribution in [0.25, 0.3) is 0 Å². The van der Waals surface area contributed by atoms with Crippen LogP contribution in [0.15, 0.2) is 6.20 Å². The quantitative estimate of drug-likeness (QED) is 0.716. The van der Waals surface area contributed by atoms with E-state index in [4.69, 9.17) is 9.47 Å². The molecule has 2 amide bonds. The Morgan fingerprint density at radius 3 is 2.84 bits per heavy atom. The molecule has 0 bridgehead atoms. The van der Waals surface area contributed by atoms with Gasteiger partial charge in [-0.25, -0.2) is 9.48 Å². The molecule has 0 aliphatic carbocycles. The van der Waals surface area contributed by atoms with Crippen LogP contribution >= 0.6 is 0 Å². The van der Waals surface area contributed by atoms with Crippen molar-refractivity contribution in [2.24, 2.45) is 11.8 Å². The van der Waals surface area contributed by atoms with Crippen LogP contribution in [-0.2, 0) is 27.4 Å². The lowest BCUT2D eigenvalue weighted by molar-refractivity contribution is -0.136. The topological polar surface area (TPSA) is 110 Å². The van der Waals surface area contributed by atoms with E-state index in [0.29, 0.717) is 45.7 Å². The Balaban J connectivity index is 2.19. The zero-order valence-electron chi connectivity index (χ0n) is 19.4. The molecule has 31 heavy (non-hydrogen) atoms. The number of nitrogens with zero attached hydrogens (tertiary/aromatic N) is 5. The zero-order valence-corrected chi connectivity index (χ0v) is 19.4. The Morgan fingerprint density at radius 2 is 2.16 bits per heavy atom. The molecule has 0 radical (unpaired) electrons. The molecule has 2 rings (SSSR count). The summed E-state index contributed by atoms with van der Waals surface area (Å²) in [6.45, 7) is 9.64. The highest BCUT2D eigenvalue weighted by molar-refractivity contribution is 5.76. The molecule has 1 N–H and O–H groups in total. The van der Waals surface area contributed by atoms with E-state index in [9.17, 15) is 14.7 Å². The van der Waals surface area contributed by atoms with Gasteiger partial charge in [-0.3, -0.25) is 4.79 Å². The van der Waals surface area contributed by atoms with Crippen molar-refractivity contribution in [2.75, 3.05) is 33.4 Å². The normalized spacial score (nSPS) is 21.8. The zero-order chi connectivity index (χ0) is 23.0. The molecule has 176 valence electrons. The second-order valence-electron chi connectivity index (χ2n) is 8.81. The van der Waals surface area contributed by atoms with Gasteiger partial charge in [-0.1, -0.05) is 26.0 Å². The molecule has 1 aromatic rings. The Hall–Kier alpha value is -2.20. The summed E-state index contributed by atoms with van der Waals surface area (Å²) in [4.78, 5) is 28.4. The Bertz CT molecular complexity index is 710. The summed E-state index contributed by atoms with van der Waals surface area (Å²) < 4.78 is 13.3. The number of aromatic nitrogens is 3. The number of rotatable bonds is 6. The van der Waals surface area contributed by atoms with Crippen LogP contribution in [0.2, 0.25) is 0 Å². The smallest absolute Gasteiger partial charge is 0.409 e. The molecule has 10 heteroatoms. The van der Waals surface area contributed by atoms with E-state index >= 15 is 0 Å². The van der Waals surface area contributed by atoms with Gasteiger partial charge < -0.3 is 24.4 Å². The maximum absolute atomic E-state index is 12.9. The van der Waals surface area contributed by atoms with Crippen molar-refractivity contribution in [2.45, 2.75) is 65.8 Å². The fourth-order valence-corrected chi connectivity index (χ4v) is 3.44. The molecule has 10 nitrogen and oxygen atoms in total. The first-order chi connectivity index (χ1) is 14.7. The predicted octanol–water partition coefficient (Wildman–Crippen LogP) is 1.53. The van der Waals surface area contributed by atoms with Crippen molar-refractivity contribution in [3.63, 3.8) is 0 Å². The van der Waals surface area contributed by atoms with Crippen LogP contribution in [0.1, 0.15) is 46.2 Å². The monoisotopic (exact) mass is 439 g/mol. The summed E-state index contributed by atoms with van der Waals surface area (Å²) >= 11 is 0. The van der Waals surface area contributed by atoms with Crippen LogP contribution in [0.3, 0.4) is 0 Å². The molecular formula is C21H37N5O5. The fourth-order valence-electron chi connectivity index (χ4n) is 3.44. The first kappa shape index (κ1) is 25.1. The molecule has 2 heterocycles. The summed E-state index contributed by atoms with van der Waals surface area (Å²) in [6.07, 6.45) is 1.91. The molecule has 0 saturated heterocycles. The van der Waals surface area contributed by atoms with E-state index < -0.39 is 6.09 Å². The van der Waals surface area contributed by atoms with E-state index in [1.807, 2.05) is 27.7 Å². The summed E-state index contributed by atoms with van der Waals surface area (Å²) in [7, 11) is 1.68. The highest BCUT2D eigenvalue weighted by Gasteiger charge is 2.29. The van der Waals surface area contributed by atoms with Gasteiger partial charge in [0.05, 0.1) is 50.4 Å². The maximum Gasteiger partial charge on any atom is 0.409 e. The molecule has 0 aromatic carbocycles. The van der Waals surface area contributed by atoms with E-state index in [-0.39, 0.29) is 36.5 Å². The van der Waals surface area contributed by atoms with Gasteiger partial charge in [-0.15, -0.1) is 5.10 Å². The molecule has 0 fully saturated rings. The number of hydrogen-bond donors (Lipinski definition) is 1. The number of carbonyl (C=O) groups is 2. The third-order valence-electron chi connectivity index (χ3n) is 5.45. The number of ether oxygens (including phenoxy) is 2. The Labute approximate surface area is 184 Å². The van der Waals surface area contributed by atoms with Gasteiger partial charge in [0.15, 0.2) is 0 Å². The van der Waals surface area contributed by atoms with Crippen molar-refractivity contribution in [3.8, 4) is 0 Å². The Kier molecular flexibility index (Phi) is 9.70. The summed E-state index contributed by atoms with van der Waals surface area (Å²) in [5.41, 5.74) is 0.829. The third kappa shape index (κ3) is 7.46. The van der Waals surface area contributed by atoms with Crippen molar-refractivity contribution < 1.29 is 24.2 Å². The van der Waals surface area contributed by atoms with Crippen molar-refractivity contribution in [3.05, 3.63) is 11.9 Å². The predicted molar refractivity (Wildman–Crippen MR) is 114 cm³/mol. The first-order valence-corrected chi connectivity index (χ1v) is 11.0. The number of aliphatic hydroxyl groups is 1. The van der Waals surface area contributed by atoms with Gasteiger partial charge >= 0.3 is 6.09 Å². The van der Waals surface area contributed by atoms with Crippen LogP contribution in [0, 0.1) is 11.8 Å². The lowest BCUT2D eigenvalue weighted by Crippen LogP contribution is -2.48. The van der Waals surface area contributed by atoms with Gasteiger partial charge in [-0.05, 0) is 19.3 Å². The fraction of sp³-hybridized carbons (Fsp3) is 0.810. The number of carbonyl (C=O) groups excluding carboxylic acids is 2. The summed E-state index contributed by atoms with van der Waals surface area (Å²) in [5.74, 6) is 0.155. The number of likely N-dealkylation sites (N-methyl/N-ethyl adjacent to an activating group) is 1. The second-order valence-corrected chi connectivity index (χ2v) is 8.81. The SMILES string of the molecule is CC(C)COC(=O)N(C)C[C@H]1OCc2cnnn2CCCC(=O)N([C@H](C)CO)C[C@H]1C. The number of aliphatic hydroxyl groups excluding tert-OH is 1. The minimum atomic E-state index is -0.404. The maximum atomic E-state index is 12.9. The van der Waals surface area contributed by atoms with E-state index in [1.54, 1.807) is 22.8 Å². The molecule has 1 aliphatic rings. The van der Waals surface area contributed by atoms with E-state index in [2.05, 4.69) is 10.3 Å². The number of aryl methyl sites for hydroxylation is 1. The number of hydrogen-bond acceptors (Lipinski definition) is 7. The Morgan fingerprint density at radius 1 is 1.42 bits per heavy atom. The lowest BCUT2D eigenvalue weighted by Gasteiger charge is -2.35. The van der Waals surface area contributed by atoms with Gasteiger partial charge in [0.2, 0.25) is 5.91 Å². The molecule has 3 atom stereocenters. The van der Waals surface area contributed by atoms with Crippen molar-refractivity contribution in [1.82, 2.24) is 24.8 Å². The highest BCUT2D eigenvalue weighted by Crippen LogP contribution is 2.18. The molecule has 1 aliphatic heterocycles. The second kappa shape index (κ2) is 12.0. The van der Waals surface area contributed by atoms with Gasteiger partial charge in [0.25, 0.3) is 0 Å². The van der Waals surface area contributed by atoms with E-state index in [1.165, 1.54) is 4.90 Å². The number of amides is 2. The molecule has 0 saturated carbocycles. The standard InChI is InChI=1S/C21H37N5O5/c1-15(2)13-31-21(29)24(5)11-19-16(3)10-25(17(4)12-27)20(28)7-6-8-26-18(14-30-19)9-22-23-26/h9,15-17,19,27H,6-8,10-14H2,1-5H3/t16-,17-,19-/m1/s1. The minimum absolute atomic E-state index is 0.0147. The van der Waals surface area contributed by atoms with Crippen LogP contribution in [-0.4, -0.2) is 87.4 Å². The molecule has 1 aromatic heterocycles. The third-order valence-corrected chi connectivity index (χ3v) is 5.45. The summed E-state index contributed by atoms with van der Waals surface area (Å²) in [6, 6.07) is -0.297. The first-order valence-electron chi connectivity index (χ1n) is 11.0. The number of fused-ring (bicyclic) bond motifs is 1. The highest BCUT2D eigenvalue weighted by atomic mass is 16.6. The average Bonchev–Trinajstić information content (AvgIpc) is 3.18. The molecular weight excluding hydrogens is 402 g/mol. The molecule has 0 unspecified atom stereocenters. The van der Waals surface area contributed by atoms with Gasteiger partial charge in [-0.2, -0.15) is 0 Å². The minimum Gasteiger partial charge on any atom is -0.449 e. The van der Waals surface area contributed by atoms with Crippen LogP contribution < -0.4 is 0 Å². The van der Waals surface area contributed by atoms with Crippen molar-refractivity contribution >= 4 is 12.0 Å². The van der Waals surface area contributed by atoms with Crippen molar-refractivity contribution in [1.29, 1.82) is 0 Å². The average molecular weight is 440 g/mol. The lowest BCUT2D eigenvalue weighted by atomic mass is 10.0. The largest absolute Gasteiger partial charge is 0.449 e.